The number of hydrogen-bond donors (Lipinski definition) is 0. The van der Waals surface area contributed by atoms with Crippen LogP contribution >= 0.6 is 0 Å². The molecule has 0 saturated heterocycles. The van der Waals surface area contributed by atoms with E-state index in [2.05, 4.69) is 4.74 Å². The van der Waals surface area contributed by atoms with E-state index < -0.39 is 42.9 Å². The molecule has 1 rings (SSSR count). The van der Waals surface area contributed by atoms with E-state index in [9.17, 15) is 44.3 Å². The summed E-state index contributed by atoms with van der Waals surface area (Å²) in [5.74, 6) is -13.8. The lowest BCUT2D eigenvalue weighted by Gasteiger charge is -2.31. The number of alkyl halides is 9. The van der Waals surface area contributed by atoms with Gasteiger partial charge < -0.3 is 9.47 Å². The predicted molar refractivity (Wildman–Crippen MR) is 78.2 cm³/mol. The van der Waals surface area contributed by atoms with Crippen molar-refractivity contribution in [2.45, 2.75) is 37.0 Å². The van der Waals surface area contributed by atoms with E-state index in [1.807, 2.05) is 0 Å². The Morgan fingerprint density at radius 2 is 1.46 bits per heavy atom. The number of esters is 1. The first-order valence-corrected chi connectivity index (χ1v) is 7.36. The highest BCUT2D eigenvalue weighted by Crippen LogP contribution is 2.49. The lowest BCUT2D eigenvalue weighted by Crippen LogP contribution is -2.56. The second kappa shape index (κ2) is 8.31. The highest BCUT2D eigenvalue weighted by atomic mass is 19.4. The third-order valence-corrected chi connectivity index (χ3v) is 3.30. The summed E-state index contributed by atoms with van der Waals surface area (Å²) in [6.45, 7) is 0. The van der Waals surface area contributed by atoms with Crippen molar-refractivity contribution in [3.63, 3.8) is 0 Å². The molecular weight excluding hydrogens is 411 g/mol. The van der Waals surface area contributed by atoms with Crippen LogP contribution in [0.4, 0.5) is 39.5 Å². The van der Waals surface area contributed by atoms with E-state index in [1.54, 1.807) is 0 Å². The molecule has 28 heavy (non-hydrogen) atoms. The molecule has 0 saturated carbocycles. The average molecular weight is 424 g/mol. The monoisotopic (exact) mass is 424 g/mol. The van der Waals surface area contributed by atoms with E-state index in [1.165, 1.54) is 31.4 Å². The Kier molecular flexibility index (Phi) is 7.02. The molecule has 0 radical (unpaired) electrons. The van der Waals surface area contributed by atoms with Crippen molar-refractivity contribution in [2.24, 2.45) is 0 Å². The normalized spacial score (nSPS) is 13.6. The van der Waals surface area contributed by atoms with Gasteiger partial charge in [0.25, 0.3) is 0 Å². The summed E-state index contributed by atoms with van der Waals surface area (Å²) in [6, 6.07) is 5.52. The maximum absolute atomic E-state index is 13.4. The van der Waals surface area contributed by atoms with Gasteiger partial charge in [-0.25, -0.2) is 4.79 Å². The summed E-state index contributed by atoms with van der Waals surface area (Å²) in [5.41, 5.74) is 0.225. The first-order valence-electron chi connectivity index (χ1n) is 7.36. The number of carbonyl (C=O) groups is 1. The molecule has 0 unspecified atom stereocenters. The van der Waals surface area contributed by atoms with Gasteiger partial charge in [-0.3, -0.25) is 0 Å². The Labute approximate surface area is 152 Å². The lowest BCUT2D eigenvalue weighted by atomic mass is 10.1. The van der Waals surface area contributed by atoms with Crippen LogP contribution in [0.25, 0.3) is 6.08 Å². The number of hydrogen-bond acceptors (Lipinski definition) is 3. The SMILES string of the molecule is COc1ccc(C=CC(=O)OC(F)(F)C(F)(F)C(F)(F)CCC(F)(F)F)cc1. The van der Waals surface area contributed by atoms with Crippen LogP contribution < -0.4 is 4.74 Å². The summed E-state index contributed by atoms with van der Waals surface area (Å²) in [7, 11) is 1.36. The van der Waals surface area contributed by atoms with E-state index >= 15 is 0 Å². The fraction of sp³-hybridized carbons (Fsp3) is 0.438. The van der Waals surface area contributed by atoms with Gasteiger partial charge in [0.05, 0.1) is 7.11 Å². The first kappa shape index (κ1) is 23.6. The molecule has 0 aliphatic rings. The summed E-state index contributed by atoms with van der Waals surface area (Å²) in [4.78, 5) is 11.3. The fourth-order valence-corrected chi connectivity index (χ4v) is 1.77. The van der Waals surface area contributed by atoms with Gasteiger partial charge >= 0.3 is 30.1 Å². The molecule has 1 aromatic rings. The van der Waals surface area contributed by atoms with Gasteiger partial charge in [0.2, 0.25) is 0 Å². The van der Waals surface area contributed by atoms with E-state index in [-0.39, 0.29) is 11.6 Å². The molecule has 3 nitrogen and oxygen atoms in total. The van der Waals surface area contributed by atoms with Crippen molar-refractivity contribution >= 4 is 12.0 Å². The fourth-order valence-electron chi connectivity index (χ4n) is 1.77. The molecule has 0 N–H and O–H groups in total. The van der Waals surface area contributed by atoms with Gasteiger partial charge in [-0.2, -0.15) is 39.5 Å². The third kappa shape index (κ3) is 6.06. The quantitative estimate of drug-likeness (QED) is 0.316. The maximum atomic E-state index is 13.4. The number of carbonyl (C=O) groups excluding carboxylic acids is 1. The van der Waals surface area contributed by atoms with Crippen molar-refractivity contribution in [3.05, 3.63) is 35.9 Å². The first-order chi connectivity index (χ1) is 12.6. The minimum absolute atomic E-state index is 0.225. The zero-order valence-corrected chi connectivity index (χ0v) is 14.0. The van der Waals surface area contributed by atoms with E-state index in [4.69, 9.17) is 4.74 Å². The van der Waals surface area contributed by atoms with Crippen molar-refractivity contribution < 1.29 is 53.8 Å². The van der Waals surface area contributed by atoms with E-state index in [0.29, 0.717) is 5.75 Å². The van der Waals surface area contributed by atoms with Gasteiger partial charge in [-0.1, -0.05) is 12.1 Å². The molecule has 0 bridgehead atoms. The Bertz CT molecular complexity index is 694. The highest BCUT2D eigenvalue weighted by Gasteiger charge is 2.74. The number of ether oxygens (including phenoxy) is 2. The van der Waals surface area contributed by atoms with Crippen LogP contribution in [0.3, 0.4) is 0 Å². The van der Waals surface area contributed by atoms with Crippen LogP contribution in [0.1, 0.15) is 18.4 Å². The highest BCUT2D eigenvalue weighted by molar-refractivity contribution is 5.87. The van der Waals surface area contributed by atoms with Gasteiger partial charge in [0, 0.05) is 18.9 Å². The van der Waals surface area contributed by atoms with E-state index in [0.717, 1.165) is 6.08 Å². The van der Waals surface area contributed by atoms with Gasteiger partial charge in [-0.05, 0) is 23.8 Å². The topological polar surface area (TPSA) is 35.5 Å². The summed E-state index contributed by atoms with van der Waals surface area (Å²) >= 11 is 0. The predicted octanol–water partition coefficient (Wildman–Crippen LogP) is 5.46. The van der Waals surface area contributed by atoms with Crippen LogP contribution in [-0.2, 0) is 9.53 Å². The summed E-state index contributed by atoms with van der Waals surface area (Å²) in [5, 5.41) is 0. The smallest absolute Gasteiger partial charge is 0.473 e. The van der Waals surface area contributed by atoms with Crippen LogP contribution in [0.2, 0.25) is 0 Å². The van der Waals surface area contributed by atoms with Crippen LogP contribution in [-0.4, -0.2) is 37.2 Å². The summed E-state index contributed by atoms with van der Waals surface area (Å²) < 4.78 is 124. The molecule has 12 heteroatoms. The van der Waals surface area contributed by atoms with Crippen molar-refractivity contribution in [1.82, 2.24) is 0 Å². The molecular formula is C16H13F9O3. The largest absolute Gasteiger partial charge is 0.497 e. The second-order valence-electron chi connectivity index (χ2n) is 5.44. The lowest BCUT2D eigenvalue weighted by molar-refractivity contribution is -0.386. The zero-order valence-electron chi connectivity index (χ0n) is 14.0. The molecule has 0 heterocycles. The van der Waals surface area contributed by atoms with Gasteiger partial charge in [0.1, 0.15) is 5.75 Å². The molecule has 158 valence electrons. The number of methoxy groups -OCH3 is 1. The zero-order chi connectivity index (χ0) is 21.8. The molecule has 1 aromatic carbocycles. The van der Waals surface area contributed by atoms with Gasteiger partial charge in [0.15, 0.2) is 0 Å². The Balaban J connectivity index is 2.85. The summed E-state index contributed by atoms with van der Waals surface area (Å²) in [6.07, 6.45) is -15.2. The third-order valence-electron chi connectivity index (χ3n) is 3.30. The van der Waals surface area contributed by atoms with Crippen molar-refractivity contribution in [1.29, 1.82) is 0 Å². The van der Waals surface area contributed by atoms with Crippen molar-refractivity contribution in [2.75, 3.05) is 7.11 Å². The van der Waals surface area contributed by atoms with Crippen LogP contribution in [0, 0.1) is 0 Å². The van der Waals surface area contributed by atoms with Gasteiger partial charge in [-0.15, -0.1) is 0 Å². The number of rotatable bonds is 8. The maximum Gasteiger partial charge on any atom is 0.473 e. The standard InChI is InChI=1S/C16H13F9O3/c1-27-11-5-2-10(3-6-11)4-7-12(26)28-16(24,25)15(22,23)13(17,18)8-9-14(19,20)21/h2-7H,8-9H2,1H3. The minimum atomic E-state index is -6.37. The van der Waals surface area contributed by atoms with Crippen molar-refractivity contribution in [3.8, 4) is 5.75 Å². The second-order valence-corrected chi connectivity index (χ2v) is 5.44. The molecule has 0 fully saturated rings. The Morgan fingerprint density at radius 3 is 1.93 bits per heavy atom. The molecule has 0 aliphatic carbocycles. The molecule has 0 spiro atoms. The molecule has 0 atom stereocenters. The Morgan fingerprint density at radius 1 is 0.929 bits per heavy atom. The average Bonchev–Trinajstić information content (AvgIpc) is 2.57. The molecule has 0 aliphatic heterocycles. The molecule has 0 aromatic heterocycles. The van der Waals surface area contributed by atoms with Crippen LogP contribution in [0.15, 0.2) is 30.3 Å². The number of benzene rings is 1. The Hall–Kier alpha value is -2.40. The minimum Gasteiger partial charge on any atom is -0.497 e. The van der Waals surface area contributed by atoms with Crippen LogP contribution in [0.5, 0.6) is 5.75 Å². The molecule has 0 amide bonds. The number of halogens is 9.